The lowest BCUT2D eigenvalue weighted by atomic mass is 10.1. The van der Waals surface area contributed by atoms with Crippen LogP contribution >= 0.6 is 12.4 Å². The van der Waals surface area contributed by atoms with Crippen LogP contribution in [0.3, 0.4) is 0 Å². The van der Waals surface area contributed by atoms with Crippen LogP contribution < -0.4 is 10.2 Å². The number of nitrogens with zero attached hydrogens (tertiary/aromatic N) is 3. The molecule has 4 rings (SSSR count). The van der Waals surface area contributed by atoms with Crippen molar-refractivity contribution >= 4 is 57.3 Å². The number of amides is 1. The van der Waals surface area contributed by atoms with Gasteiger partial charge in [0.15, 0.2) is 0 Å². The van der Waals surface area contributed by atoms with Gasteiger partial charge in [0.25, 0.3) is 0 Å². The molecule has 7 nitrogen and oxygen atoms in total. The van der Waals surface area contributed by atoms with Gasteiger partial charge >= 0.3 is 0 Å². The number of H-pyrrole nitrogens is 1. The molecule has 1 amide bonds. The van der Waals surface area contributed by atoms with Gasteiger partial charge in [-0.25, -0.2) is 9.97 Å². The molecule has 0 aliphatic heterocycles. The highest BCUT2D eigenvalue weighted by Crippen LogP contribution is 2.31. The van der Waals surface area contributed by atoms with Gasteiger partial charge in [-0.15, -0.1) is 12.4 Å². The average molecular weight is 400 g/mol. The summed E-state index contributed by atoms with van der Waals surface area (Å²) < 4.78 is 0. The lowest BCUT2D eigenvalue weighted by Gasteiger charge is -2.16. The second-order valence-corrected chi connectivity index (χ2v) is 6.35. The molecule has 146 valence electrons. The van der Waals surface area contributed by atoms with Gasteiger partial charge in [-0.2, -0.15) is 0 Å². The number of nitrogens with one attached hydrogen (secondary N) is 2. The Bertz CT molecular complexity index is 1120. The molecular weight excluding hydrogens is 378 g/mol. The van der Waals surface area contributed by atoms with Crippen LogP contribution in [0.15, 0.2) is 48.8 Å². The number of fused-ring (bicyclic) bond motifs is 3. The van der Waals surface area contributed by atoms with E-state index < -0.39 is 0 Å². The monoisotopic (exact) mass is 399 g/mol. The van der Waals surface area contributed by atoms with E-state index in [0.29, 0.717) is 0 Å². The highest BCUT2D eigenvalue weighted by molar-refractivity contribution is 6.10. The summed E-state index contributed by atoms with van der Waals surface area (Å²) in [6.45, 7) is 3.57. The minimum absolute atomic E-state index is 0. The Labute approximate surface area is 168 Å². The van der Waals surface area contributed by atoms with Crippen molar-refractivity contribution in [3.63, 3.8) is 0 Å². The Morgan fingerprint density at radius 2 is 1.82 bits per heavy atom. The summed E-state index contributed by atoms with van der Waals surface area (Å²) in [5.41, 5.74) is 6.56. The quantitative estimate of drug-likeness (QED) is 0.547. The zero-order valence-electron chi connectivity index (χ0n) is 15.8. The number of imidazole rings is 1. The van der Waals surface area contributed by atoms with Crippen LogP contribution in [0.2, 0.25) is 0 Å². The number of hydrogen-bond donors (Lipinski definition) is 2. The summed E-state index contributed by atoms with van der Waals surface area (Å²) in [6.07, 6.45) is 1.58. The molecule has 0 bridgehead atoms. The van der Waals surface area contributed by atoms with E-state index >= 15 is 0 Å². The predicted octanol–water partition coefficient (Wildman–Crippen LogP) is 3.74. The molecule has 0 saturated carbocycles. The molecule has 8 heteroatoms. The highest BCUT2D eigenvalue weighted by Gasteiger charge is 2.11. The van der Waals surface area contributed by atoms with Gasteiger partial charge in [-0.05, 0) is 49.4 Å². The maximum Gasteiger partial charge on any atom is 0.223 e. The molecule has 2 heterocycles. The fourth-order valence-corrected chi connectivity index (χ4v) is 3.08. The summed E-state index contributed by atoms with van der Waals surface area (Å²) in [7, 11) is 1.76. The molecule has 0 aliphatic carbocycles. The first-order chi connectivity index (χ1) is 12.5. The van der Waals surface area contributed by atoms with Crippen molar-refractivity contribution in [1.82, 2.24) is 15.0 Å². The third kappa shape index (κ3) is 3.76. The first-order valence-electron chi connectivity index (χ1n) is 8.37. The van der Waals surface area contributed by atoms with E-state index in [1.165, 1.54) is 0 Å². The van der Waals surface area contributed by atoms with Gasteiger partial charge in [-0.3, -0.25) is 4.79 Å². The standard InChI is InChI=1S/C20H19N5O.ClH.H2O/c1-12-10-18(19-16(23-12)8-9-17-20(19)22-11-21-17)24-14-4-6-15(7-5-14)25(3)13(2)26;;/h4-11,23-24H,1-3H3;1H;1H2. The number of anilines is 3. The predicted molar refractivity (Wildman–Crippen MR) is 116 cm³/mol. The largest absolute Gasteiger partial charge is 0.412 e. The third-order valence-electron chi connectivity index (χ3n) is 4.51. The van der Waals surface area contributed by atoms with E-state index in [4.69, 9.17) is 0 Å². The Balaban J connectivity index is 0.00000140. The molecule has 0 atom stereocenters. The lowest BCUT2D eigenvalue weighted by Crippen LogP contribution is -2.22. The number of aromatic amines is 1. The van der Waals surface area contributed by atoms with Crippen molar-refractivity contribution in [3.05, 3.63) is 54.5 Å². The minimum Gasteiger partial charge on any atom is -0.412 e. The number of aromatic nitrogens is 3. The maximum atomic E-state index is 11.5. The summed E-state index contributed by atoms with van der Waals surface area (Å²) >= 11 is 0. The van der Waals surface area contributed by atoms with Gasteiger partial charge in [0.05, 0.1) is 11.2 Å². The second kappa shape index (κ2) is 8.24. The highest BCUT2D eigenvalue weighted by atomic mass is 35.5. The van der Waals surface area contributed by atoms with E-state index in [2.05, 4.69) is 26.3 Å². The second-order valence-electron chi connectivity index (χ2n) is 6.35. The normalized spacial score (nSPS) is 10.2. The summed E-state index contributed by atoms with van der Waals surface area (Å²) in [5.74, 6) is 0.00287. The van der Waals surface area contributed by atoms with E-state index in [0.717, 1.165) is 44.7 Å². The van der Waals surface area contributed by atoms with E-state index in [9.17, 15) is 4.79 Å². The van der Waals surface area contributed by atoms with Gasteiger partial charge in [0.2, 0.25) is 5.91 Å². The Hall–Kier alpha value is -3.16. The molecule has 2 aromatic carbocycles. The van der Waals surface area contributed by atoms with Gasteiger partial charge < -0.3 is 20.7 Å². The molecule has 0 aliphatic rings. The number of rotatable bonds is 3. The number of aryl methyl sites for hydroxylation is 1. The van der Waals surface area contributed by atoms with Crippen LogP contribution in [0, 0.1) is 6.92 Å². The summed E-state index contributed by atoms with van der Waals surface area (Å²) in [6, 6.07) is 13.8. The van der Waals surface area contributed by atoms with Crippen molar-refractivity contribution in [2.24, 2.45) is 0 Å². The van der Waals surface area contributed by atoms with Crippen LogP contribution in [0.1, 0.15) is 12.6 Å². The lowest BCUT2D eigenvalue weighted by molar-refractivity contribution is -0.116. The number of carbonyl (C=O) groups is 1. The topological polar surface area (TPSA) is 105 Å². The number of hydrogen-bond acceptors (Lipinski definition) is 4. The van der Waals surface area contributed by atoms with Gasteiger partial charge in [0.1, 0.15) is 11.8 Å². The van der Waals surface area contributed by atoms with Crippen molar-refractivity contribution < 1.29 is 10.3 Å². The molecule has 4 aromatic rings. The average Bonchev–Trinajstić information content (AvgIpc) is 3.10. The molecule has 0 saturated heterocycles. The molecule has 0 unspecified atom stereocenters. The number of pyridine rings is 1. The minimum atomic E-state index is 0. The molecule has 0 spiro atoms. The number of benzene rings is 2. The molecule has 0 radical (unpaired) electrons. The van der Waals surface area contributed by atoms with Gasteiger partial charge in [-0.1, -0.05) is 0 Å². The Morgan fingerprint density at radius 3 is 2.50 bits per heavy atom. The molecule has 2 aromatic heterocycles. The van der Waals surface area contributed by atoms with E-state index in [1.54, 1.807) is 25.2 Å². The van der Waals surface area contributed by atoms with Crippen molar-refractivity contribution in [2.75, 3.05) is 17.3 Å². The zero-order chi connectivity index (χ0) is 18.3. The molecule has 0 fully saturated rings. The summed E-state index contributed by atoms with van der Waals surface area (Å²) in [5, 5.41) is 4.48. The van der Waals surface area contributed by atoms with Crippen LogP contribution in [0.4, 0.5) is 17.1 Å². The van der Waals surface area contributed by atoms with Gasteiger partial charge in [0, 0.05) is 41.9 Å². The van der Waals surface area contributed by atoms with E-state index in [-0.39, 0.29) is 23.8 Å². The SMILES string of the molecule is CC(=O)N(C)c1ccc(Nc2cc(C)[nH]c3ccc4ncnc4c23)cc1.Cl.O. The van der Waals surface area contributed by atoms with Crippen LogP contribution in [0.25, 0.3) is 21.9 Å². The van der Waals surface area contributed by atoms with Crippen molar-refractivity contribution in [3.8, 4) is 0 Å². The van der Waals surface area contributed by atoms with Crippen LogP contribution in [0.5, 0.6) is 0 Å². The first kappa shape index (κ1) is 21.1. The van der Waals surface area contributed by atoms with Crippen LogP contribution in [-0.4, -0.2) is 33.4 Å². The molecule has 4 N–H and O–H groups in total. The smallest absolute Gasteiger partial charge is 0.223 e. The van der Waals surface area contributed by atoms with Crippen LogP contribution in [-0.2, 0) is 4.79 Å². The summed E-state index contributed by atoms with van der Waals surface area (Å²) in [4.78, 5) is 25.2. The Kier molecular flexibility index (Phi) is 6.23. The zero-order valence-corrected chi connectivity index (χ0v) is 16.6. The van der Waals surface area contributed by atoms with Crippen molar-refractivity contribution in [2.45, 2.75) is 13.8 Å². The fraction of sp³-hybridized carbons (Fsp3) is 0.150. The molecule has 28 heavy (non-hydrogen) atoms. The molecular formula is C20H22ClN5O2. The first-order valence-corrected chi connectivity index (χ1v) is 8.37. The van der Waals surface area contributed by atoms with Crippen molar-refractivity contribution in [1.29, 1.82) is 0 Å². The third-order valence-corrected chi connectivity index (χ3v) is 4.51. The number of carbonyl (C=O) groups excluding carboxylic acids is 1. The fourth-order valence-electron chi connectivity index (χ4n) is 3.08. The van der Waals surface area contributed by atoms with E-state index in [1.807, 2.05) is 43.3 Å². The maximum absolute atomic E-state index is 11.5. The number of halogens is 1. The Morgan fingerprint density at radius 1 is 1.11 bits per heavy atom.